The van der Waals surface area contributed by atoms with Crippen molar-refractivity contribution in [1.29, 1.82) is 0 Å². The van der Waals surface area contributed by atoms with Gasteiger partial charge in [0.1, 0.15) is 10.7 Å². The van der Waals surface area contributed by atoms with Crippen LogP contribution in [0.15, 0.2) is 4.79 Å². The van der Waals surface area contributed by atoms with E-state index < -0.39 is 0 Å². The molecule has 6 heteroatoms. The Morgan fingerprint density at radius 3 is 2.86 bits per heavy atom. The van der Waals surface area contributed by atoms with Crippen LogP contribution in [0.2, 0.25) is 0 Å². The highest BCUT2D eigenvalue weighted by Crippen LogP contribution is 2.25. The quantitative estimate of drug-likeness (QED) is 0.735. The number of methoxy groups -OCH3 is 1. The summed E-state index contributed by atoms with van der Waals surface area (Å²) in [7, 11) is 1.73. The van der Waals surface area contributed by atoms with Gasteiger partial charge in [-0.2, -0.15) is 0 Å². The molecule has 0 spiro atoms. The zero-order valence-corrected chi connectivity index (χ0v) is 13.7. The molecule has 0 amide bonds. The fourth-order valence-corrected chi connectivity index (χ4v) is 3.31. The molecule has 0 saturated carbocycles. The predicted octanol–water partition coefficient (Wildman–Crippen LogP) is 2.51. The molecule has 2 heterocycles. The number of nitrogens with one attached hydrogen (secondary N) is 2. The Bertz CT molecular complexity index is 648. The maximum absolute atomic E-state index is 12.1. The van der Waals surface area contributed by atoms with E-state index in [0.29, 0.717) is 12.4 Å². The van der Waals surface area contributed by atoms with E-state index in [4.69, 9.17) is 4.74 Å². The van der Waals surface area contributed by atoms with Crippen molar-refractivity contribution in [3.63, 3.8) is 0 Å². The molecule has 21 heavy (non-hydrogen) atoms. The first-order valence-corrected chi connectivity index (χ1v) is 8.13. The van der Waals surface area contributed by atoms with Gasteiger partial charge < -0.3 is 15.0 Å². The van der Waals surface area contributed by atoms with Gasteiger partial charge in [0, 0.05) is 18.6 Å². The number of aryl methyl sites for hydroxylation is 2. The van der Waals surface area contributed by atoms with Gasteiger partial charge in [-0.3, -0.25) is 4.79 Å². The average molecular weight is 309 g/mol. The van der Waals surface area contributed by atoms with E-state index in [1.54, 1.807) is 18.4 Å². The van der Waals surface area contributed by atoms with E-state index in [1.807, 2.05) is 13.8 Å². The lowest BCUT2D eigenvalue weighted by Crippen LogP contribution is -2.20. The molecular weight excluding hydrogens is 286 g/mol. The van der Waals surface area contributed by atoms with Crippen LogP contribution in [0.3, 0.4) is 0 Å². The third-order valence-electron chi connectivity index (χ3n) is 3.58. The minimum atomic E-state index is -0.0289. The van der Waals surface area contributed by atoms with Crippen LogP contribution >= 0.6 is 11.3 Å². The van der Waals surface area contributed by atoms with E-state index in [2.05, 4.69) is 15.3 Å². The molecule has 116 valence electrons. The van der Waals surface area contributed by atoms with Crippen molar-refractivity contribution < 1.29 is 4.74 Å². The highest BCUT2D eigenvalue weighted by molar-refractivity contribution is 7.18. The minimum absolute atomic E-state index is 0.0289. The summed E-state index contributed by atoms with van der Waals surface area (Å²) >= 11 is 1.59. The number of rotatable bonds is 8. The number of aromatic amines is 1. The highest BCUT2D eigenvalue weighted by Gasteiger charge is 2.11. The van der Waals surface area contributed by atoms with Crippen LogP contribution in [-0.4, -0.2) is 30.2 Å². The van der Waals surface area contributed by atoms with Crippen molar-refractivity contribution in [3.05, 3.63) is 26.6 Å². The van der Waals surface area contributed by atoms with Crippen molar-refractivity contribution in [2.24, 2.45) is 0 Å². The summed E-state index contributed by atoms with van der Waals surface area (Å²) in [6.07, 6.45) is 3.34. The number of thiophene rings is 1. The molecule has 0 saturated heterocycles. The number of nitrogens with zero attached hydrogens (tertiary/aromatic N) is 1. The van der Waals surface area contributed by atoms with Gasteiger partial charge >= 0.3 is 0 Å². The molecular formula is C15H23N3O2S. The maximum Gasteiger partial charge on any atom is 0.259 e. The number of hydrogen-bond acceptors (Lipinski definition) is 5. The molecule has 0 atom stereocenters. The number of aromatic nitrogens is 2. The maximum atomic E-state index is 12.1. The van der Waals surface area contributed by atoms with Gasteiger partial charge in [0.15, 0.2) is 0 Å². The van der Waals surface area contributed by atoms with Crippen LogP contribution in [0.4, 0.5) is 0 Å². The van der Waals surface area contributed by atoms with Crippen LogP contribution in [0.25, 0.3) is 10.2 Å². The average Bonchev–Trinajstić information content (AvgIpc) is 2.73. The largest absolute Gasteiger partial charge is 0.385 e. The monoisotopic (exact) mass is 309 g/mol. The zero-order chi connectivity index (χ0) is 15.2. The molecule has 0 unspecified atom stereocenters. The lowest BCUT2D eigenvalue weighted by Gasteiger charge is -2.04. The normalized spacial score (nSPS) is 11.4. The summed E-state index contributed by atoms with van der Waals surface area (Å²) in [6.45, 7) is 6.35. The molecule has 0 bridgehead atoms. The first-order valence-electron chi connectivity index (χ1n) is 7.32. The fraction of sp³-hybridized carbons (Fsp3) is 0.600. The summed E-state index contributed by atoms with van der Waals surface area (Å²) < 4.78 is 5.01. The van der Waals surface area contributed by atoms with Crippen molar-refractivity contribution in [3.8, 4) is 0 Å². The number of H-pyrrole nitrogens is 1. The van der Waals surface area contributed by atoms with Crippen LogP contribution in [0.1, 0.15) is 35.5 Å². The molecule has 2 N–H and O–H groups in total. The van der Waals surface area contributed by atoms with E-state index in [0.717, 1.165) is 53.1 Å². The second-order valence-electron chi connectivity index (χ2n) is 5.21. The van der Waals surface area contributed by atoms with E-state index in [-0.39, 0.29) is 5.56 Å². The van der Waals surface area contributed by atoms with Gasteiger partial charge in [-0.15, -0.1) is 11.3 Å². The smallest absolute Gasteiger partial charge is 0.259 e. The Hall–Kier alpha value is -1.24. The van der Waals surface area contributed by atoms with E-state index in [9.17, 15) is 4.79 Å². The van der Waals surface area contributed by atoms with Crippen LogP contribution < -0.4 is 10.9 Å². The molecule has 0 aliphatic heterocycles. The number of ether oxygens (including phenoxy) is 1. The molecule has 5 nitrogen and oxygen atoms in total. The summed E-state index contributed by atoms with van der Waals surface area (Å²) in [5, 5.41) is 4.06. The Morgan fingerprint density at radius 1 is 1.29 bits per heavy atom. The first-order chi connectivity index (χ1) is 10.1. The summed E-state index contributed by atoms with van der Waals surface area (Å²) in [5.74, 6) is 0.714. The second kappa shape index (κ2) is 7.68. The van der Waals surface area contributed by atoms with Gasteiger partial charge in [0.25, 0.3) is 5.56 Å². The Kier molecular flexibility index (Phi) is 5.90. The van der Waals surface area contributed by atoms with Crippen LogP contribution in [0, 0.1) is 13.8 Å². The van der Waals surface area contributed by atoms with Crippen molar-refractivity contribution in [2.75, 3.05) is 20.3 Å². The minimum Gasteiger partial charge on any atom is -0.385 e. The standard InChI is InChI=1S/C15H23N3O2S/c1-10-11(2)21-15-13(10)14(19)17-12(18-15)9-16-7-5-4-6-8-20-3/h16H,4-9H2,1-3H3,(H,17,18,19). The molecule has 0 aromatic carbocycles. The van der Waals surface area contributed by atoms with E-state index in [1.165, 1.54) is 0 Å². The third kappa shape index (κ3) is 4.12. The SMILES string of the molecule is COCCCCCNCc1nc2sc(C)c(C)c2c(=O)[nH]1. The number of hydrogen-bond donors (Lipinski definition) is 2. The molecule has 0 aliphatic carbocycles. The predicted molar refractivity (Wildman–Crippen MR) is 87.1 cm³/mol. The fourth-order valence-electron chi connectivity index (χ4n) is 2.26. The van der Waals surface area contributed by atoms with Gasteiger partial charge in [-0.1, -0.05) is 0 Å². The molecule has 2 aromatic heterocycles. The molecule has 2 rings (SSSR count). The summed E-state index contributed by atoms with van der Waals surface area (Å²) in [5.41, 5.74) is 1.01. The Labute approximate surface area is 128 Å². The number of unbranched alkanes of at least 4 members (excludes halogenated alkanes) is 2. The molecule has 0 fully saturated rings. The molecule has 2 aromatic rings. The summed E-state index contributed by atoms with van der Waals surface area (Å²) in [6, 6.07) is 0. The second-order valence-corrected chi connectivity index (χ2v) is 6.41. The Morgan fingerprint density at radius 2 is 2.10 bits per heavy atom. The van der Waals surface area contributed by atoms with Crippen molar-refractivity contribution in [1.82, 2.24) is 15.3 Å². The van der Waals surface area contributed by atoms with Crippen LogP contribution in [-0.2, 0) is 11.3 Å². The van der Waals surface area contributed by atoms with Gasteiger partial charge in [-0.25, -0.2) is 4.98 Å². The first kappa shape index (κ1) is 16.1. The molecule has 0 aliphatic rings. The zero-order valence-electron chi connectivity index (χ0n) is 12.9. The van der Waals surface area contributed by atoms with Crippen molar-refractivity contribution >= 4 is 21.6 Å². The lowest BCUT2D eigenvalue weighted by molar-refractivity contribution is 0.192. The summed E-state index contributed by atoms with van der Waals surface area (Å²) in [4.78, 5) is 21.5. The van der Waals surface area contributed by atoms with Gasteiger partial charge in [-0.05, 0) is 45.2 Å². The number of fused-ring (bicyclic) bond motifs is 1. The Balaban J connectivity index is 1.90. The third-order valence-corrected chi connectivity index (χ3v) is 4.68. The van der Waals surface area contributed by atoms with Gasteiger partial charge in [0.2, 0.25) is 0 Å². The van der Waals surface area contributed by atoms with Crippen molar-refractivity contribution in [2.45, 2.75) is 39.7 Å². The lowest BCUT2D eigenvalue weighted by atomic mass is 10.2. The van der Waals surface area contributed by atoms with Crippen LogP contribution in [0.5, 0.6) is 0 Å². The topological polar surface area (TPSA) is 67.0 Å². The highest BCUT2D eigenvalue weighted by atomic mass is 32.1. The van der Waals surface area contributed by atoms with E-state index >= 15 is 0 Å². The van der Waals surface area contributed by atoms with Gasteiger partial charge in [0.05, 0.1) is 11.9 Å². The molecule has 0 radical (unpaired) electrons.